The fraction of sp³-hybridized carbons (Fsp3) is 0.625. The summed E-state index contributed by atoms with van der Waals surface area (Å²) in [6.07, 6.45) is 4.10. The Hall–Kier alpha value is -1.02. The number of hydrogen-bond donors (Lipinski definition) is 1. The molecule has 100 valence electrons. The summed E-state index contributed by atoms with van der Waals surface area (Å²) in [5.41, 5.74) is 7.96. The van der Waals surface area contributed by atoms with Crippen LogP contribution < -0.4 is 5.73 Å². The molecular weight excluding hydrogens is 220 g/mol. The van der Waals surface area contributed by atoms with Gasteiger partial charge in [0.25, 0.3) is 0 Å². The van der Waals surface area contributed by atoms with E-state index in [2.05, 4.69) is 30.9 Å². The van der Waals surface area contributed by atoms with Crippen molar-refractivity contribution < 1.29 is 0 Å². The highest BCUT2D eigenvalue weighted by molar-refractivity contribution is 5.39. The van der Waals surface area contributed by atoms with Gasteiger partial charge in [0.15, 0.2) is 0 Å². The minimum Gasteiger partial charge on any atom is -0.399 e. The number of nitrogens with two attached hydrogens (primary N) is 1. The minimum absolute atomic E-state index is 0.835. The highest BCUT2D eigenvalue weighted by Gasteiger charge is 2.19. The van der Waals surface area contributed by atoms with E-state index < -0.39 is 0 Å². The van der Waals surface area contributed by atoms with E-state index in [-0.39, 0.29) is 0 Å². The van der Waals surface area contributed by atoms with Gasteiger partial charge in [0.05, 0.1) is 0 Å². The molecule has 1 atom stereocenters. The van der Waals surface area contributed by atoms with Crippen LogP contribution in [0.4, 0.5) is 5.69 Å². The Morgan fingerprint density at radius 2 is 1.89 bits per heavy atom. The molecule has 0 bridgehead atoms. The highest BCUT2D eigenvalue weighted by Crippen LogP contribution is 2.25. The predicted molar refractivity (Wildman–Crippen MR) is 78.3 cm³/mol. The number of likely N-dealkylation sites (tertiary alicyclic amines) is 1. The number of benzene rings is 1. The van der Waals surface area contributed by atoms with E-state index >= 15 is 0 Å². The molecule has 1 aromatic rings. The molecule has 1 saturated heterocycles. The first-order chi connectivity index (χ1) is 8.65. The van der Waals surface area contributed by atoms with E-state index in [1.54, 1.807) is 0 Å². The van der Waals surface area contributed by atoms with Gasteiger partial charge in [-0.15, -0.1) is 0 Å². The fourth-order valence-electron chi connectivity index (χ4n) is 2.89. The first-order valence-electron chi connectivity index (χ1n) is 7.22. The van der Waals surface area contributed by atoms with Crippen LogP contribution in [0.1, 0.15) is 38.7 Å². The molecular formula is C16H26N2. The quantitative estimate of drug-likeness (QED) is 0.827. The second-order valence-electron chi connectivity index (χ2n) is 5.95. The summed E-state index contributed by atoms with van der Waals surface area (Å²) in [6, 6.07) is 8.31. The average Bonchev–Trinajstić information content (AvgIpc) is 2.58. The lowest BCUT2D eigenvalue weighted by Crippen LogP contribution is -2.24. The van der Waals surface area contributed by atoms with Crippen LogP contribution in [0.25, 0.3) is 0 Å². The molecule has 1 aromatic carbocycles. The Bertz CT molecular complexity index is 356. The highest BCUT2D eigenvalue weighted by atomic mass is 15.1. The van der Waals surface area contributed by atoms with Gasteiger partial charge in [-0.05, 0) is 61.9 Å². The second kappa shape index (κ2) is 6.24. The standard InChI is InChI=1S/C16H26N2/c1-13(2)15-4-3-10-18(11-9-15)12-14-5-7-16(17)8-6-14/h5-8,13,15H,3-4,9-12,17H2,1-2H3. The lowest BCUT2D eigenvalue weighted by molar-refractivity contribution is 0.265. The van der Waals surface area contributed by atoms with E-state index in [1.807, 2.05) is 12.1 Å². The van der Waals surface area contributed by atoms with Crippen LogP contribution in [0.15, 0.2) is 24.3 Å². The van der Waals surface area contributed by atoms with Crippen LogP contribution in [-0.4, -0.2) is 18.0 Å². The van der Waals surface area contributed by atoms with Crippen molar-refractivity contribution in [3.05, 3.63) is 29.8 Å². The molecule has 2 N–H and O–H groups in total. The van der Waals surface area contributed by atoms with Gasteiger partial charge in [0.2, 0.25) is 0 Å². The number of rotatable bonds is 3. The van der Waals surface area contributed by atoms with Gasteiger partial charge in [0.1, 0.15) is 0 Å². The van der Waals surface area contributed by atoms with E-state index in [9.17, 15) is 0 Å². The third-order valence-electron chi connectivity index (χ3n) is 4.19. The predicted octanol–water partition coefficient (Wildman–Crippen LogP) is 3.53. The van der Waals surface area contributed by atoms with Crippen molar-refractivity contribution in [2.24, 2.45) is 11.8 Å². The van der Waals surface area contributed by atoms with Crippen LogP contribution in [0, 0.1) is 11.8 Å². The minimum atomic E-state index is 0.835. The first kappa shape index (κ1) is 13.4. The molecule has 2 nitrogen and oxygen atoms in total. The monoisotopic (exact) mass is 246 g/mol. The molecule has 18 heavy (non-hydrogen) atoms. The molecule has 1 aliphatic heterocycles. The lowest BCUT2D eigenvalue weighted by Gasteiger charge is -2.21. The number of nitrogens with zero attached hydrogens (tertiary/aromatic N) is 1. The van der Waals surface area contributed by atoms with E-state index in [0.717, 1.165) is 24.1 Å². The number of nitrogen functional groups attached to an aromatic ring is 1. The Kier molecular flexibility index (Phi) is 4.65. The van der Waals surface area contributed by atoms with E-state index in [4.69, 9.17) is 5.73 Å². The molecule has 0 radical (unpaired) electrons. The van der Waals surface area contributed by atoms with Gasteiger partial charge in [-0.1, -0.05) is 26.0 Å². The Morgan fingerprint density at radius 1 is 1.17 bits per heavy atom. The van der Waals surface area contributed by atoms with Gasteiger partial charge in [-0.2, -0.15) is 0 Å². The zero-order valence-corrected chi connectivity index (χ0v) is 11.7. The van der Waals surface area contributed by atoms with Crippen molar-refractivity contribution in [3.8, 4) is 0 Å². The number of hydrogen-bond acceptors (Lipinski definition) is 2. The SMILES string of the molecule is CC(C)C1CCCN(Cc2ccc(N)cc2)CC1. The van der Waals surface area contributed by atoms with Crippen LogP contribution in [0.5, 0.6) is 0 Å². The Balaban J connectivity index is 1.88. The van der Waals surface area contributed by atoms with Gasteiger partial charge < -0.3 is 5.73 Å². The van der Waals surface area contributed by atoms with Crippen LogP contribution in [0.3, 0.4) is 0 Å². The maximum atomic E-state index is 5.72. The van der Waals surface area contributed by atoms with Crippen LogP contribution >= 0.6 is 0 Å². The molecule has 0 amide bonds. The molecule has 0 spiro atoms. The Labute approximate surface area is 111 Å². The lowest BCUT2D eigenvalue weighted by atomic mass is 9.89. The zero-order valence-electron chi connectivity index (χ0n) is 11.7. The van der Waals surface area contributed by atoms with Crippen molar-refractivity contribution in [3.63, 3.8) is 0 Å². The molecule has 0 saturated carbocycles. The maximum absolute atomic E-state index is 5.72. The molecule has 0 aromatic heterocycles. The summed E-state index contributed by atoms with van der Waals surface area (Å²) in [7, 11) is 0. The summed E-state index contributed by atoms with van der Waals surface area (Å²) < 4.78 is 0. The molecule has 1 fully saturated rings. The average molecular weight is 246 g/mol. The fourth-order valence-corrected chi connectivity index (χ4v) is 2.89. The summed E-state index contributed by atoms with van der Waals surface area (Å²) in [4.78, 5) is 2.59. The van der Waals surface area contributed by atoms with Crippen molar-refractivity contribution in [1.82, 2.24) is 4.90 Å². The molecule has 2 rings (SSSR count). The molecule has 0 aliphatic carbocycles. The third-order valence-corrected chi connectivity index (χ3v) is 4.19. The van der Waals surface area contributed by atoms with Crippen molar-refractivity contribution in [2.45, 2.75) is 39.7 Å². The molecule has 2 heteroatoms. The first-order valence-corrected chi connectivity index (χ1v) is 7.22. The van der Waals surface area contributed by atoms with Crippen molar-refractivity contribution in [1.29, 1.82) is 0 Å². The summed E-state index contributed by atoms with van der Waals surface area (Å²) in [5, 5.41) is 0. The zero-order chi connectivity index (χ0) is 13.0. The summed E-state index contributed by atoms with van der Waals surface area (Å²) >= 11 is 0. The number of anilines is 1. The molecule has 1 unspecified atom stereocenters. The van der Waals surface area contributed by atoms with Gasteiger partial charge in [-0.25, -0.2) is 0 Å². The smallest absolute Gasteiger partial charge is 0.0314 e. The van der Waals surface area contributed by atoms with Crippen molar-refractivity contribution >= 4 is 5.69 Å². The van der Waals surface area contributed by atoms with Gasteiger partial charge in [0, 0.05) is 12.2 Å². The summed E-state index contributed by atoms with van der Waals surface area (Å²) in [5.74, 6) is 1.75. The van der Waals surface area contributed by atoms with E-state index in [0.29, 0.717) is 0 Å². The van der Waals surface area contributed by atoms with Gasteiger partial charge in [-0.3, -0.25) is 4.90 Å². The maximum Gasteiger partial charge on any atom is 0.0314 e. The normalized spacial score (nSPS) is 22.1. The van der Waals surface area contributed by atoms with Crippen LogP contribution in [-0.2, 0) is 6.54 Å². The van der Waals surface area contributed by atoms with Crippen molar-refractivity contribution in [2.75, 3.05) is 18.8 Å². The van der Waals surface area contributed by atoms with Gasteiger partial charge >= 0.3 is 0 Å². The molecule has 1 heterocycles. The van der Waals surface area contributed by atoms with E-state index in [1.165, 1.54) is 37.9 Å². The topological polar surface area (TPSA) is 29.3 Å². The largest absolute Gasteiger partial charge is 0.399 e. The summed E-state index contributed by atoms with van der Waals surface area (Å²) in [6.45, 7) is 8.28. The second-order valence-corrected chi connectivity index (χ2v) is 5.95. The Morgan fingerprint density at radius 3 is 2.56 bits per heavy atom. The molecule has 1 aliphatic rings. The van der Waals surface area contributed by atoms with Crippen LogP contribution in [0.2, 0.25) is 0 Å². The third kappa shape index (κ3) is 3.74.